The molecule has 0 unspecified atom stereocenters. The molecule has 1 aliphatic rings. The van der Waals surface area contributed by atoms with Crippen molar-refractivity contribution in [2.75, 3.05) is 0 Å². The molecular weight excluding hydrogens is 200 g/mol. The second kappa shape index (κ2) is 3.34. The van der Waals surface area contributed by atoms with Gasteiger partial charge in [-0.3, -0.25) is 0 Å². The van der Waals surface area contributed by atoms with Gasteiger partial charge in [-0.05, 0) is 6.07 Å². The number of aromatic amines is 1. The first-order valence-corrected chi connectivity index (χ1v) is 5.10. The summed E-state index contributed by atoms with van der Waals surface area (Å²) >= 11 is 0. The van der Waals surface area contributed by atoms with Gasteiger partial charge in [-0.2, -0.15) is 0 Å². The molecule has 4 nitrogen and oxygen atoms in total. The minimum absolute atomic E-state index is 0.614. The number of hydrogen-bond donors (Lipinski definition) is 4. The van der Waals surface area contributed by atoms with Gasteiger partial charge in [-0.25, -0.2) is 0 Å². The Morgan fingerprint density at radius 2 is 1.94 bits per heavy atom. The van der Waals surface area contributed by atoms with Crippen molar-refractivity contribution in [3.8, 4) is 0 Å². The van der Waals surface area contributed by atoms with Crippen LogP contribution in [-0.4, -0.2) is 4.98 Å². The average molecular weight is 212 g/mol. The Bertz CT molecular complexity index is 592. The van der Waals surface area contributed by atoms with Crippen LogP contribution in [0.5, 0.6) is 0 Å². The maximum atomic E-state index is 5.71. The normalized spacial score (nSPS) is 15.0. The molecule has 0 saturated heterocycles. The summed E-state index contributed by atoms with van der Waals surface area (Å²) in [5.74, 6) is 0.614. The van der Waals surface area contributed by atoms with Crippen molar-refractivity contribution < 1.29 is 0 Å². The molecule has 1 aliphatic heterocycles. The summed E-state index contributed by atoms with van der Waals surface area (Å²) < 4.78 is 0. The van der Waals surface area contributed by atoms with E-state index in [1.54, 1.807) is 6.20 Å². The highest BCUT2D eigenvalue weighted by Gasteiger charge is 2.10. The molecule has 0 bridgehead atoms. The quantitative estimate of drug-likeness (QED) is 0.578. The molecule has 2 heterocycles. The third kappa shape index (κ3) is 1.32. The predicted octanol–water partition coefficient (Wildman–Crippen LogP) is 1.42. The van der Waals surface area contributed by atoms with E-state index in [4.69, 9.17) is 5.73 Å². The number of para-hydroxylation sites is 1. The number of benzene rings is 1. The minimum atomic E-state index is 0.614. The van der Waals surface area contributed by atoms with Crippen LogP contribution in [-0.2, 0) is 0 Å². The van der Waals surface area contributed by atoms with Gasteiger partial charge < -0.3 is 21.4 Å². The summed E-state index contributed by atoms with van der Waals surface area (Å²) in [6.45, 7) is 0. The van der Waals surface area contributed by atoms with Crippen molar-refractivity contribution in [1.82, 2.24) is 15.6 Å². The zero-order valence-electron chi connectivity index (χ0n) is 8.62. The third-order valence-electron chi connectivity index (χ3n) is 2.62. The molecule has 3 rings (SSSR count). The highest BCUT2D eigenvalue weighted by atomic mass is 15.1. The van der Waals surface area contributed by atoms with Crippen LogP contribution < -0.4 is 16.4 Å². The van der Waals surface area contributed by atoms with Gasteiger partial charge in [0.1, 0.15) is 5.82 Å². The number of hydrogen-bond acceptors (Lipinski definition) is 3. The van der Waals surface area contributed by atoms with Gasteiger partial charge in [-0.15, -0.1) is 0 Å². The molecule has 0 radical (unpaired) electrons. The van der Waals surface area contributed by atoms with Crippen molar-refractivity contribution in [2.24, 2.45) is 5.73 Å². The van der Waals surface area contributed by atoms with E-state index < -0.39 is 0 Å². The summed E-state index contributed by atoms with van der Waals surface area (Å²) in [5.41, 5.74) is 8.91. The Morgan fingerprint density at radius 1 is 1.06 bits per heavy atom. The molecule has 2 aromatic rings. The van der Waals surface area contributed by atoms with Gasteiger partial charge in [-0.1, -0.05) is 18.2 Å². The van der Waals surface area contributed by atoms with Crippen molar-refractivity contribution in [2.45, 2.75) is 0 Å². The number of nitrogens with one attached hydrogen (secondary N) is 3. The van der Waals surface area contributed by atoms with Crippen molar-refractivity contribution >= 4 is 16.6 Å². The first kappa shape index (κ1) is 8.91. The SMILES string of the molecule is NC1=CNC=C(c2c[nH]c3ccccc23)N1. The zero-order chi connectivity index (χ0) is 11.0. The third-order valence-corrected chi connectivity index (χ3v) is 2.62. The molecule has 1 aromatic carbocycles. The molecular formula is C12H12N4. The lowest BCUT2D eigenvalue weighted by Crippen LogP contribution is -2.25. The second-order valence-electron chi connectivity index (χ2n) is 3.70. The van der Waals surface area contributed by atoms with Crippen LogP contribution in [0.2, 0.25) is 0 Å². The fraction of sp³-hybridized carbons (Fsp3) is 0. The number of aromatic nitrogens is 1. The zero-order valence-corrected chi connectivity index (χ0v) is 8.62. The van der Waals surface area contributed by atoms with Gasteiger partial charge in [0.25, 0.3) is 0 Å². The standard InChI is InChI=1S/C12H12N4/c13-12-7-14-6-11(16-12)9-5-15-10-4-2-1-3-8(9)10/h1-7,14-16H,13H2. The van der Waals surface area contributed by atoms with Crippen LogP contribution in [0.1, 0.15) is 5.56 Å². The number of fused-ring (bicyclic) bond motifs is 1. The van der Waals surface area contributed by atoms with Crippen molar-refractivity contribution in [3.63, 3.8) is 0 Å². The number of nitrogens with two attached hydrogens (primary N) is 1. The number of rotatable bonds is 1. The molecule has 4 heteroatoms. The molecule has 5 N–H and O–H groups in total. The van der Waals surface area contributed by atoms with Gasteiger partial charge in [0, 0.05) is 35.1 Å². The fourth-order valence-corrected chi connectivity index (χ4v) is 1.88. The van der Waals surface area contributed by atoms with E-state index in [1.165, 1.54) is 5.39 Å². The lowest BCUT2D eigenvalue weighted by Gasteiger charge is -2.15. The van der Waals surface area contributed by atoms with E-state index in [1.807, 2.05) is 24.5 Å². The van der Waals surface area contributed by atoms with Crippen molar-refractivity contribution in [1.29, 1.82) is 0 Å². The minimum Gasteiger partial charge on any atom is -0.384 e. The predicted molar refractivity (Wildman–Crippen MR) is 64.8 cm³/mol. The van der Waals surface area contributed by atoms with Crippen LogP contribution in [0.25, 0.3) is 16.6 Å². The van der Waals surface area contributed by atoms with E-state index in [0.717, 1.165) is 16.8 Å². The van der Waals surface area contributed by atoms with E-state index >= 15 is 0 Å². The second-order valence-corrected chi connectivity index (χ2v) is 3.70. The molecule has 0 amide bonds. The summed E-state index contributed by atoms with van der Waals surface area (Å²) in [4.78, 5) is 3.23. The van der Waals surface area contributed by atoms with Gasteiger partial charge >= 0.3 is 0 Å². The fourth-order valence-electron chi connectivity index (χ4n) is 1.88. The monoisotopic (exact) mass is 212 g/mol. The Hall–Kier alpha value is -2.36. The largest absolute Gasteiger partial charge is 0.384 e. The lowest BCUT2D eigenvalue weighted by molar-refractivity contribution is 0.956. The molecule has 0 aliphatic carbocycles. The van der Waals surface area contributed by atoms with E-state index in [2.05, 4.69) is 27.8 Å². The average Bonchev–Trinajstić information content (AvgIpc) is 2.72. The van der Waals surface area contributed by atoms with Gasteiger partial charge in [0.15, 0.2) is 0 Å². The Morgan fingerprint density at radius 3 is 2.81 bits per heavy atom. The van der Waals surface area contributed by atoms with E-state index in [9.17, 15) is 0 Å². The molecule has 0 atom stereocenters. The maximum Gasteiger partial charge on any atom is 0.117 e. The highest BCUT2D eigenvalue weighted by Crippen LogP contribution is 2.23. The van der Waals surface area contributed by atoms with E-state index in [0.29, 0.717) is 5.82 Å². The number of H-pyrrole nitrogens is 1. The Labute approximate surface area is 92.8 Å². The summed E-state index contributed by atoms with van der Waals surface area (Å²) in [7, 11) is 0. The van der Waals surface area contributed by atoms with Gasteiger partial charge in [0.05, 0.1) is 5.70 Å². The first-order valence-electron chi connectivity index (χ1n) is 5.10. The molecule has 80 valence electrons. The summed E-state index contributed by atoms with van der Waals surface area (Å²) in [6, 6.07) is 8.17. The molecule has 0 saturated carbocycles. The smallest absolute Gasteiger partial charge is 0.117 e. The first-order chi connectivity index (χ1) is 7.84. The topological polar surface area (TPSA) is 65.9 Å². The molecule has 0 fully saturated rings. The van der Waals surface area contributed by atoms with Crippen LogP contribution in [0.4, 0.5) is 0 Å². The molecule has 0 spiro atoms. The van der Waals surface area contributed by atoms with Crippen LogP contribution in [0.15, 0.2) is 48.7 Å². The summed E-state index contributed by atoms with van der Waals surface area (Å²) in [5, 5.41) is 7.32. The molecule has 1 aromatic heterocycles. The Balaban J connectivity index is 2.10. The van der Waals surface area contributed by atoms with Gasteiger partial charge in [0.2, 0.25) is 0 Å². The van der Waals surface area contributed by atoms with Crippen molar-refractivity contribution in [3.05, 3.63) is 54.2 Å². The van der Waals surface area contributed by atoms with Crippen LogP contribution in [0.3, 0.4) is 0 Å². The lowest BCUT2D eigenvalue weighted by atomic mass is 10.1. The van der Waals surface area contributed by atoms with Crippen LogP contribution >= 0.6 is 0 Å². The Kier molecular flexibility index (Phi) is 1.86. The maximum absolute atomic E-state index is 5.71. The summed E-state index contributed by atoms with van der Waals surface area (Å²) in [6.07, 6.45) is 5.59. The van der Waals surface area contributed by atoms with E-state index in [-0.39, 0.29) is 0 Å². The molecule has 16 heavy (non-hydrogen) atoms. The van der Waals surface area contributed by atoms with Crippen LogP contribution in [0, 0.1) is 0 Å². The highest BCUT2D eigenvalue weighted by molar-refractivity contribution is 5.92.